The SMILES string of the molecule is CC[C@@](C)(N=[N+]=[N-])c1cnc(O[C@H](C)C[C](C)C)c2cnc(Cl)cc12. The molecule has 1 radical (unpaired) electrons. The molecule has 0 saturated carbocycles. The van der Waals surface area contributed by atoms with Gasteiger partial charge in [0.05, 0.1) is 17.0 Å². The molecule has 0 unspecified atom stereocenters. The molecule has 0 fully saturated rings. The molecule has 2 aromatic rings. The summed E-state index contributed by atoms with van der Waals surface area (Å²) in [6.45, 7) is 10.0. The second-order valence-corrected chi connectivity index (χ2v) is 7.07. The summed E-state index contributed by atoms with van der Waals surface area (Å²) in [7, 11) is 0. The first-order chi connectivity index (χ1) is 11.8. The molecule has 0 N–H and O–H groups in total. The van der Waals surface area contributed by atoms with Gasteiger partial charge in [0.25, 0.3) is 0 Å². The van der Waals surface area contributed by atoms with E-state index in [1.54, 1.807) is 18.5 Å². The van der Waals surface area contributed by atoms with Gasteiger partial charge in [0, 0.05) is 17.3 Å². The molecule has 25 heavy (non-hydrogen) atoms. The highest BCUT2D eigenvalue weighted by atomic mass is 35.5. The van der Waals surface area contributed by atoms with Crippen LogP contribution in [0.15, 0.2) is 23.6 Å². The lowest BCUT2D eigenvalue weighted by atomic mass is 9.88. The number of azide groups is 1. The number of fused-ring (bicyclic) bond motifs is 1. The Balaban J connectivity index is 2.59. The molecular formula is C18H23ClN5O. The zero-order valence-electron chi connectivity index (χ0n) is 15.2. The van der Waals surface area contributed by atoms with E-state index in [0.717, 1.165) is 22.8 Å². The molecular weight excluding hydrogens is 338 g/mol. The van der Waals surface area contributed by atoms with Crippen molar-refractivity contribution < 1.29 is 4.74 Å². The molecule has 2 heterocycles. The first-order valence-electron chi connectivity index (χ1n) is 8.27. The van der Waals surface area contributed by atoms with E-state index >= 15 is 0 Å². The normalized spacial score (nSPS) is 14.8. The van der Waals surface area contributed by atoms with Gasteiger partial charge in [0.1, 0.15) is 5.15 Å². The number of ether oxygens (including phenoxy) is 1. The van der Waals surface area contributed by atoms with Gasteiger partial charge in [-0.25, -0.2) is 9.97 Å². The topological polar surface area (TPSA) is 83.8 Å². The van der Waals surface area contributed by atoms with Crippen molar-refractivity contribution in [1.82, 2.24) is 9.97 Å². The molecule has 0 bridgehead atoms. The largest absolute Gasteiger partial charge is 0.474 e. The smallest absolute Gasteiger partial charge is 0.223 e. The van der Waals surface area contributed by atoms with E-state index in [1.807, 2.05) is 20.8 Å². The Morgan fingerprint density at radius 2 is 2.08 bits per heavy atom. The third-order valence-corrected chi connectivity index (χ3v) is 4.45. The van der Waals surface area contributed by atoms with E-state index in [1.165, 1.54) is 5.92 Å². The summed E-state index contributed by atoms with van der Waals surface area (Å²) in [5.41, 5.74) is 9.04. The Morgan fingerprint density at radius 1 is 1.36 bits per heavy atom. The molecule has 2 aromatic heterocycles. The maximum Gasteiger partial charge on any atom is 0.223 e. The van der Waals surface area contributed by atoms with Gasteiger partial charge in [0.2, 0.25) is 5.88 Å². The van der Waals surface area contributed by atoms with Crippen molar-refractivity contribution in [3.05, 3.63) is 45.5 Å². The zero-order valence-corrected chi connectivity index (χ0v) is 16.0. The Morgan fingerprint density at radius 3 is 2.68 bits per heavy atom. The van der Waals surface area contributed by atoms with Crippen LogP contribution in [0.1, 0.15) is 53.0 Å². The predicted octanol–water partition coefficient (Wildman–Crippen LogP) is 5.99. The van der Waals surface area contributed by atoms with Crippen LogP contribution in [0.4, 0.5) is 0 Å². The molecule has 2 rings (SSSR count). The number of aromatic nitrogens is 2. The lowest BCUT2D eigenvalue weighted by Crippen LogP contribution is -2.19. The molecule has 0 saturated heterocycles. The standard InChI is InChI=1S/C18H23ClN5O/c1-6-18(5,23-24-20)15-10-22-17(25-12(4)7-11(2)3)14-9-21-16(19)8-13(14)15/h8-10,12H,6-7H2,1-5H3/t12-,18-/m1/s1. The summed E-state index contributed by atoms with van der Waals surface area (Å²) in [5.74, 6) is 1.80. The number of hydrogen-bond donors (Lipinski definition) is 0. The average molecular weight is 361 g/mol. The van der Waals surface area contributed by atoms with Gasteiger partial charge < -0.3 is 4.74 Å². The second-order valence-electron chi connectivity index (χ2n) is 6.69. The summed E-state index contributed by atoms with van der Waals surface area (Å²) >= 11 is 6.11. The minimum Gasteiger partial charge on any atom is -0.474 e. The van der Waals surface area contributed by atoms with Crippen LogP contribution in [-0.2, 0) is 5.54 Å². The fourth-order valence-corrected chi connectivity index (χ4v) is 2.99. The summed E-state index contributed by atoms with van der Waals surface area (Å²) in [6.07, 6.45) is 4.84. The van der Waals surface area contributed by atoms with Crippen molar-refractivity contribution in [3.63, 3.8) is 0 Å². The zero-order chi connectivity index (χ0) is 18.6. The average Bonchev–Trinajstić information content (AvgIpc) is 2.54. The number of hydrogen-bond acceptors (Lipinski definition) is 4. The first-order valence-corrected chi connectivity index (χ1v) is 8.65. The molecule has 0 aliphatic rings. The van der Waals surface area contributed by atoms with E-state index in [4.69, 9.17) is 21.9 Å². The van der Waals surface area contributed by atoms with Gasteiger partial charge in [-0.2, -0.15) is 0 Å². The van der Waals surface area contributed by atoms with Crippen molar-refractivity contribution in [1.29, 1.82) is 0 Å². The van der Waals surface area contributed by atoms with Gasteiger partial charge >= 0.3 is 0 Å². The van der Waals surface area contributed by atoms with E-state index in [0.29, 0.717) is 17.5 Å². The molecule has 7 heteroatoms. The predicted molar refractivity (Wildman–Crippen MR) is 101 cm³/mol. The lowest BCUT2D eigenvalue weighted by Gasteiger charge is -2.25. The highest BCUT2D eigenvalue weighted by molar-refractivity contribution is 6.30. The molecule has 0 amide bonds. The van der Waals surface area contributed by atoms with Gasteiger partial charge in [-0.05, 0) is 55.2 Å². The molecule has 0 aliphatic heterocycles. The molecule has 0 aromatic carbocycles. The van der Waals surface area contributed by atoms with E-state index in [9.17, 15) is 0 Å². The van der Waals surface area contributed by atoms with Crippen LogP contribution < -0.4 is 4.74 Å². The first kappa shape index (κ1) is 19.3. The van der Waals surface area contributed by atoms with Crippen LogP contribution in [-0.4, -0.2) is 16.1 Å². The number of halogens is 1. The van der Waals surface area contributed by atoms with E-state index in [-0.39, 0.29) is 6.10 Å². The summed E-state index contributed by atoms with van der Waals surface area (Å²) in [6, 6.07) is 1.77. The van der Waals surface area contributed by atoms with Crippen LogP contribution in [0.3, 0.4) is 0 Å². The van der Waals surface area contributed by atoms with Crippen molar-refractivity contribution >= 4 is 22.4 Å². The van der Waals surface area contributed by atoms with Crippen LogP contribution >= 0.6 is 11.6 Å². The minimum atomic E-state index is -0.720. The Bertz CT molecular complexity index is 803. The Labute approximate surface area is 153 Å². The highest BCUT2D eigenvalue weighted by Gasteiger charge is 2.27. The Hall–Kier alpha value is -2.04. The lowest BCUT2D eigenvalue weighted by molar-refractivity contribution is 0.210. The van der Waals surface area contributed by atoms with Gasteiger partial charge in [-0.1, -0.05) is 37.5 Å². The third kappa shape index (κ3) is 4.33. The quantitative estimate of drug-likeness (QED) is 0.263. The molecule has 2 atom stereocenters. The van der Waals surface area contributed by atoms with Gasteiger partial charge in [0.15, 0.2) is 0 Å². The summed E-state index contributed by atoms with van der Waals surface area (Å²) in [5, 5.41) is 5.96. The van der Waals surface area contributed by atoms with Crippen LogP contribution in [0.5, 0.6) is 5.88 Å². The maximum atomic E-state index is 8.95. The fraction of sp³-hybridized carbons (Fsp3) is 0.500. The number of pyridine rings is 2. The highest BCUT2D eigenvalue weighted by Crippen LogP contribution is 2.37. The Kier molecular flexibility index (Phi) is 6.09. The van der Waals surface area contributed by atoms with Gasteiger partial charge in [-0.15, -0.1) is 0 Å². The fourth-order valence-electron chi connectivity index (χ4n) is 2.83. The van der Waals surface area contributed by atoms with Crippen molar-refractivity contribution in [2.45, 2.75) is 59.1 Å². The minimum absolute atomic E-state index is 0.00286. The van der Waals surface area contributed by atoms with Crippen molar-refractivity contribution in [2.75, 3.05) is 0 Å². The maximum absolute atomic E-state index is 8.95. The molecule has 6 nitrogen and oxygen atoms in total. The van der Waals surface area contributed by atoms with Crippen molar-refractivity contribution in [3.8, 4) is 5.88 Å². The monoisotopic (exact) mass is 360 g/mol. The number of rotatable bonds is 7. The van der Waals surface area contributed by atoms with Crippen LogP contribution in [0.2, 0.25) is 5.15 Å². The van der Waals surface area contributed by atoms with E-state index in [2.05, 4.69) is 33.8 Å². The summed E-state index contributed by atoms with van der Waals surface area (Å²) < 4.78 is 6.02. The van der Waals surface area contributed by atoms with Gasteiger partial charge in [-0.3, -0.25) is 0 Å². The van der Waals surface area contributed by atoms with Crippen molar-refractivity contribution in [2.24, 2.45) is 5.11 Å². The van der Waals surface area contributed by atoms with Crippen LogP contribution in [0.25, 0.3) is 21.2 Å². The molecule has 133 valence electrons. The number of nitrogens with zero attached hydrogens (tertiary/aromatic N) is 5. The second kappa shape index (κ2) is 7.89. The summed E-state index contributed by atoms with van der Waals surface area (Å²) in [4.78, 5) is 11.7. The van der Waals surface area contributed by atoms with Crippen LogP contribution in [0, 0.1) is 5.92 Å². The molecule has 0 aliphatic carbocycles. The molecule has 0 spiro atoms. The third-order valence-electron chi connectivity index (χ3n) is 4.24. The van der Waals surface area contributed by atoms with E-state index < -0.39 is 5.54 Å².